The minimum Gasteiger partial charge on any atom is -0.508 e. The standard InChI is InChI=1S/C13H9ClO3S/c14-8-1-6-12(11(7-8)13(16)17)18-10-4-2-9(15)3-5-10/h1-7,15H,(H,16,17). The Kier molecular flexibility index (Phi) is 3.79. The lowest BCUT2D eigenvalue weighted by atomic mass is 10.2. The summed E-state index contributed by atoms with van der Waals surface area (Å²) in [4.78, 5) is 12.6. The van der Waals surface area contributed by atoms with Crippen LogP contribution in [-0.4, -0.2) is 16.2 Å². The minimum atomic E-state index is -1.02. The quantitative estimate of drug-likeness (QED) is 0.895. The lowest BCUT2D eigenvalue weighted by Crippen LogP contribution is -1.98. The molecule has 0 amide bonds. The molecule has 5 heteroatoms. The summed E-state index contributed by atoms with van der Waals surface area (Å²) in [6.07, 6.45) is 0. The Morgan fingerprint density at radius 3 is 2.39 bits per heavy atom. The molecule has 0 aliphatic heterocycles. The van der Waals surface area contributed by atoms with Gasteiger partial charge in [0.05, 0.1) is 5.56 Å². The Morgan fingerprint density at radius 1 is 1.11 bits per heavy atom. The van der Waals surface area contributed by atoms with Crippen LogP contribution in [0, 0.1) is 0 Å². The number of rotatable bonds is 3. The molecule has 0 aromatic heterocycles. The normalized spacial score (nSPS) is 10.3. The third-order valence-electron chi connectivity index (χ3n) is 2.24. The number of carbonyl (C=O) groups is 1. The average Bonchev–Trinajstić information content (AvgIpc) is 2.34. The summed E-state index contributed by atoms with van der Waals surface area (Å²) in [6, 6.07) is 11.3. The van der Waals surface area contributed by atoms with E-state index in [9.17, 15) is 9.90 Å². The fraction of sp³-hybridized carbons (Fsp3) is 0. The molecule has 2 aromatic rings. The summed E-state index contributed by atoms with van der Waals surface area (Å²) in [5.74, 6) is -0.840. The molecule has 0 bridgehead atoms. The SMILES string of the molecule is O=C(O)c1cc(Cl)ccc1Sc1ccc(O)cc1. The van der Waals surface area contributed by atoms with Crippen molar-refractivity contribution in [1.82, 2.24) is 0 Å². The highest BCUT2D eigenvalue weighted by Crippen LogP contribution is 2.32. The molecule has 0 spiro atoms. The molecule has 0 aliphatic rings. The van der Waals surface area contributed by atoms with Crippen molar-refractivity contribution in [2.45, 2.75) is 9.79 Å². The topological polar surface area (TPSA) is 57.5 Å². The van der Waals surface area contributed by atoms with Crippen LogP contribution in [-0.2, 0) is 0 Å². The predicted molar refractivity (Wildman–Crippen MR) is 70.6 cm³/mol. The fourth-order valence-corrected chi connectivity index (χ4v) is 2.49. The second-order valence-electron chi connectivity index (χ2n) is 3.54. The number of aromatic hydroxyl groups is 1. The van der Waals surface area contributed by atoms with Gasteiger partial charge in [0.2, 0.25) is 0 Å². The Balaban J connectivity index is 2.34. The number of hydrogen-bond acceptors (Lipinski definition) is 3. The van der Waals surface area contributed by atoms with Crippen LogP contribution in [0.2, 0.25) is 5.02 Å². The first kappa shape index (κ1) is 12.8. The first-order chi connectivity index (χ1) is 8.56. The minimum absolute atomic E-state index is 0.167. The number of aromatic carboxylic acids is 1. The Labute approximate surface area is 113 Å². The maximum Gasteiger partial charge on any atom is 0.336 e. The maximum atomic E-state index is 11.1. The van der Waals surface area contributed by atoms with E-state index in [1.807, 2.05) is 0 Å². The lowest BCUT2D eigenvalue weighted by Gasteiger charge is -2.06. The van der Waals surface area contributed by atoms with E-state index in [1.165, 1.54) is 17.8 Å². The molecule has 92 valence electrons. The molecule has 0 saturated heterocycles. The number of hydrogen-bond donors (Lipinski definition) is 2. The van der Waals surface area contributed by atoms with Crippen molar-refractivity contribution >= 4 is 29.3 Å². The van der Waals surface area contributed by atoms with E-state index >= 15 is 0 Å². The highest BCUT2D eigenvalue weighted by atomic mass is 35.5. The van der Waals surface area contributed by atoms with Crippen molar-refractivity contribution in [2.75, 3.05) is 0 Å². The zero-order chi connectivity index (χ0) is 13.1. The van der Waals surface area contributed by atoms with Crippen LogP contribution in [0.15, 0.2) is 52.3 Å². The van der Waals surface area contributed by atoms with Gasteiger partial charge >= 0.3 is 5.97 Å². The van der Waals surface area contributed by atoms with E-state index in [4.69, 9.17) is 16.7 Å². The van der Waals surface area contributed by atoms with Gasteiger partial charge in [-0.05, 0) is 42.5 Å². The fourth-order valence-electron chi connectivity index (χ4n) is 1.40. The molecule has 2 aromatic carbocycles. The van der Waals surface area contributed by atoms with Gasteiger partial charge in [0.1, 0.15) is 5.75 Å². The highest BCUT2D eigenvalue weighted by Gasteiger charge is 2.11. The van der Waals surface area contributed by atoms with E-state index in [1.54, 1.807) is 36.4 Å². The molecule has 0 unspecified atom stereocenters. The Bertz CT molecular complexity index is 581. The average molecular weight is 281 g/mol. The predicted octanol–water partition coefficient (Wildman–Crippen LogP) is 3.90. The maximum absolute atomic E-state index is 11.1. The zero-order valence-corrected chi connectivity index (χ0v) is 10.7. The van der Waals surface area contributed by atoms with E-state index in [-0.39, 0.29) is 11.3 Å². The van der Waals surface area contributed by atoms with Gasteiger partial charge in [0.15, 0.2) is 0 Å². The number of benzene rings is 2. The van der Waals surface area contributed by atoms with Crippen LogP contribution in [0.4, 0.5) is 0 Å². The molecule has 0 fully saturated rings. The zero-order valence-electron chi connectivity index (χ0n) is 9.13. The third kappa shape index (κ3) is 2.97. The molecule has 2 rings (SSSR count). The van der Waals surface area contributed by atoms with Crippen LogP contribution in [0.1, 0.15) is 10.4 Å². The molecule has 2 N–H and O–H groups in total. The first-order valence-corrected chi connectivity index (χ1v) is 6.25. The molecule has 0 aliphatic carbocycles. The van der Waals surface area contributed by atoms with E-state index in [0.29, 0.717) is 9.92 Å². The Morgan fingerprint density at radius 2 is 1.78 bits per heavy atom. The van der Waals surface area contributed by atoms with Crippen molar-refractivity contribution < 1.29 is 15.0 Å². The number of carboxylic acids is 1. The van der Waals surface area contributed by atoms with Gasteiger partial charge in [-0.2, -0.15) is 0 Å². The van der Waals surface area contributed by atoms with Gasteiger partial charge in [-0.25, -0.2) is 4.79 Å². The van der Waals surface area contributed by atoms with Crippen LogP contribution in [0.25, 0.3) is 0 Å². The Hall–Kier alpha value is -1.65. The number of halogens is 1. The van der Waals surface area contributed by atoms with E-state index in [0.717, 1.165) is 4.90 Å². The molecule has 18 heavy (non-hydrogen) atoms. The summed E-state index contributed by atoms with van der Waals surface area (Å²) in [7, 11) is 0. The smallest absolute Gasteiger partial charge is 0.336 e. The van der Waals surface area contributed by atoms with Crippen molar-refractivity contribution in [3.8, 4) is 5.75 Å². The van der Waals surface area contributed by atoms with Crippen molar-refractivity contribution in [3.63, 3.8) is 0 Å². The summed E-state index contributed by atoms with van der Waals surface area (Å²) in [5, 5.41) is 18.7. The van der Waals surface area contributed by atoms with Crippen molar-refractivity contribution in [1.29, 1.82) is 0 Å². The van der Waals surface area contributed by atoms with Crippen LogP contribution >= 0.6 is 23.4 Å². The number of phenolic OH excluding ortho intramolecular Hbond substituents is 1. The molecule has 0 radical (unpaired) electrons. The second-order valence-corrected chi connectivity index (χ2v) is 5.09. The van der Waals surface area contributed by atoms with Crippen molar-refractivity contribution in [3.05, 3.63) is 53.1 Å². The van der Waals surface area contributed by atoms with Crippen molar-refractivity contribution in [2.24, 2.45) is 0 Å². The molecular weight excluding hydrogens is 272 g/mol. The van der Waals surface area contributed by atoms with Gasteiger partial charge in [-0.1, -0.05) is 23.4 Å². The third-order valence-corrected chi connectivity index (χ3v) is 3.56. The molecular formula is C13H9ClO3S. The lowest BCUT2D eigenvalue weighted by molar-refractivity contribution is 0.0693. The number of carboxylic acid groups (broad SMARTS) is 1. The largest absolute Gasteiger partial charge is 0.508 e. The van der Waals surface area contributed by atoms with E-state index < -0.39 is 5.97 Å². The summed E-state index contributed by atoms with van der Waals surface area (Å²) < 4.78 is 0. The van der Waals surface area contributed by atoms with Gasteiger partial charge in [0, 0.05) is 14.8 Å². The summed E-state index contributed by atoms with van der Waals surface area (Å²) in [5.41, 5.74) is 0.167. The molecule has 3 nitrogen and oxygen atoms in total. The molecule has 0 saturated carbocycles. The monoisotopic (exact) mass is 280 g/mol. The van der Waals surface area contributed by atoms with Gasteiger partial charge in [-0.3, -0.25) is 0 Å². The summed E-state index contributed by atoms with van der Waals surface area (Å²) in [6.45, 7) is 0. The van der Waals surface area contributed by atoms with Crippen LogP contribution in [0.5, 0.6) is 5.75 Å². The second kappa shape index (κ2) is 5.33. The van der Waals surface area contributed by atoms with Gasteiger partial charge in [-0.15, -0.1) is 0 Å². The summed E-state index contributed by atoms with van der Waals surface area (Å²) >= 11 is 7.09. The molecule has 0 atom stereocenters. The first-order valence-electron chi connectivity index (χ1n) is 5.06. The number of phenols is 1. The molecule has 0 heterocycles. The highest BCUT2D eigenvalue weighted by molar-refractivity contribution is 7.99. The van der Waals surface area contributed by atoms with Crippen LogP contribution < -0.4 is 0 Å². The van der Waals surface area contributed by atoms with E-state index in [2.05, 4.69) is 0 Å². The van der Waals surface area contributed by atoms with Gasteiger partial charge in [0.25, 0.3) is 0 Å². The van der Waals surface area contributed by atoms with Gasteiger partial charge < -0.3 is 10.2 Å². The van der Waals surface area contributed by atoms with Crippen LogP contribution in [0.3, 0.4) is 0 Å².